The minimum Gasteiger partial charge on any atom is -0.329 e. The molecule has 0 saturated heterocycles. The fourth-order valence-electron chi connectivity index (χ4n) is 0.149. The molecule has 0 heterocycles. The van der Waals surface area contributed by atoms with Gasteiger partial charge in [-0.1, -0.05) is 0 Å². The molecule has 0 aromatic heterocycles. The quantitative estimate of drug-likeness (QED) is 0.502. The fraction of sp³-hybridized carbons (Fsp3) is 1.00. The van der Waals surface area contributed by atoms with Crippen LogP contribution in [0.15, 0.2) is 0 Å². The molecule has 0 aromatic rings. The van der Waals surface area contributed by atoms with Gasteiger partial charge in [-0.05, 0) is 0 Å². The van der Waals surface area contributed by atoms with Crippen molar-refractivity contribution < 1.29 is 8.76 Å². The Labute approximate surface area is 75.8 Å². The fourth-order valence-corrected chi connectivity index (χ4v) is 0.735. The summed E-state index contributed by atoms with van der Waals surface area (Å²) in [5, 5.41) is 0. The van der Waals surface area contributed by atoms with Gasteiger partial charge in [-0.25, -0.2) is 4.21 Å². The van der Waals surface area contributed by atoms with Crippen molar-refractivity contribution in [2.75, 3.05) is 12.3 Å². The van der Waals surface area contributed by atoms with Gasteiger partial charge < -0.3 is 10.3 Å². The summed E-state index contributed by atoms with van der Waals surface area (Å²) in [6.07, 6.45) is 0. The van der Waals surface area contributed by atoms with Crippen LogP contribution in [-0.2, 0) is 20.0 Å². The molecule has 0 fully saturated rings. The third kappa shape index (κ3) is 10.3. The summed E-state index contributed by atoms with van der Waals surface area (Å²) in [4.78, 5) is 0. The average molecular weight is 164 g/mol. The smallest absolute Gasteiger partial charge is 0.142 e. The third-order valence-corrected chi connectivity index (χ3v) is 1.63. The second kappa shape index (κ2) is 5.10. The van der Waals surface area contributed by atoms with Gasteiger partial charge in [0.25, 0.3) is 0 Å². The minimum absolute atomic E-state index is 0. The van der Waals surface area contributed by atoms with Gasteiger partial charge in [0.05, 0.1) is 5.75 Å². The third-order valence-electron chi connectivity index (χ3n) is 0.376. The van der Waals surface area contributed by atoms with E-state index in [1.807, 2.05) is 0 Å². The molecule has 0 aromatic carbocycles. The molecule has 3 nitrogen and oxygen atoms in total. The van der Waals surface area contributed by atoms with Crippen LogP contribution < -0.4 is 5.73 Å². The standard InChI is InChI=1S/C2H7NO2S2.Na/c3-1-2-7(4,5)6;/h1-3H2,(H,4,5,6);. The maximum atomic E-state index is 10.1. The number of hydrogen-bond acceptors (Lipinski definition) is 3. The Bertz CT molecular complexity index is 131. The predicted molar refractivity (Wildman–Crippen MR) is 37.8 cm³/mol. The van der Waals surface area contributed by atoms with Gasteiger partial charge in [-0.3, -0.25) is 0 Å². The van der Waals surface area contributed by atoms with Crippen molar-refractivity contribution in [2.45, 2.75) is 0 Å². The van der Waals surface area contributed by atoms with E-state index in [1.165, 1.54) is 0 Å². The first kappa shape index (κ1) is 12.0. The largest absolute Gasteiger partial charge is 0.329 e. The maximum absolute atomic E-state index is 10.1. The van der Waals surface area contributed by atoms with Gasteiger partial charge in [-0.2, -0.15) is 0 Å². The van der Waals surface area contributed by atoms with Crippen LogP contribution >= 0.6 is 0 Å². The zero-order chi connectivity index (χ0) is 5.91. The van der Waals surface area contributed by atoms with E-state index in [0.717, 1.165) is 0 Å². The molecule has 0 aliphatic carbocycles. The van der Waals surface area contributed by atoms with Gasteiger partial charge in [0.15, 0.2) is 0 Å². The number of rotatable bonds is 2. The van der Waals surface area contributed by atoms with Crippen molar-refractivity contribution in [3.05, 3.63) is 0 Å². The van der Waals surface area contributed by atoms with Crippen molar-refractivity contribution in [1.29, 1.82) is 0 Å². The molecule has 0 aliphatic heterocycles. The molecule has 0 bridgehead atoms. The van der Waals surface area contributed by atoms with Crippen molar-refractivity contribution >= 4 is 49.5 Å². The molecular weight excluding hydrogens is 157 g/mol. The number of nitrogens with two attached hydrogens (primary N) is 1. The van der Waals surface area contributed by atoms with Crippen LogP contribution in [0.25, 0.3) is 0 Å². The van der Waals surface area contributed by atoms with Crippen LogP contribution in [0.1, 0.15) is 0 Å². The van der Waals surface area contributed by atoms with Crippen molar-refractivity contribution in [3.8, 4) is 0 Å². The second-order valence-corrected chi connectivity index (χ2v) is 4.21. The van der Waals surface area contributed by atoms with Crippen LogP contribution in [0, 0.1) is 0 Å². The van der Waals surface area contributed by atoms with Gasteiger partial charge in [0.1, 0.15) is 8.77 Å². The first-order chi connectivity index (χ1) is 3.06. The summed E-state index contributed by atoms with van der Waals surface area (Å²) in [6, 6.07) is 0. The molecule has 0 saturated carbocycles. The Morgan fingerprint density at radius 1 is 1.75 bits per heavy atom. The van der Waals surface area contributed by atoms with E-state index in [-0.39, 0.29) is 41.9 Å². The van der Waals surface area contributed by atoms with Gasteiger partial charge in [0.2, 0.25) is 0 Å². The molecule has 8 heavy (non-hydrogen) atoms. The molecule has 1 unspecified atom stereocenters. The Balaban J connectivity index is 0. The van der Waals surface area contributed by atoms with Gasteiger partial charge in [0, 0.05) is 47.3 Å². The molecule has 0 amide bonds. The zero-order valence-corrected chi connectivity index (χ0v) is 8.30. The summed E-state index contributed by atoms with van der Waals surface area (Å²) >= 11 is 4.09. The van der Waals surface area contributed by atoms with Crippen LogP contribution in [0.3, 0.4) is 0 Å². The van der Waals surface area contributed by atoms with Crippen LogP contribution in [0.2, 0.25) is 0 Å². The molecule has 3 N–H and O–H groups in total. The van der Waals surface area contributed by atoms with Crippen molar-refractivity contribution in [1.82, 2.24) is 0 Å². The van der Waals surface area contributed by atoms with Crippen molar-refractivity contribution in [3.63, 3.8) is 0 Å². The summed E-state index contributed by atoms with van der Waals surface area (Å²) < 4.78 is 18.4. The zero-order valence-electron chi connectivity index (χ0n) is 4.66. The summed E-state index contributed by atoms with van der Waals surface area (Å²) in [6.45, 7) is 0.179. The molecule has 45 valence electrons. The molecule has 0 rings (SSSR count). The Hall–Kier alpha value is 1.29. The van der Waals surface area contributed by atoms with E-state index >= 15 is 0 Å². The summed E-state index contributed by atoms with van der Waals surface area (Å²) in [5.41, 5.74) is 4.91. The molecule has 6 heteroatoms. The maximum Gasteiger partial charge on any atom is 0.142 e. The molecule has 1 atom stereocenters. The van der Waals surface area contributed by atoms with Crippen molar-refractivity contribution in [2.24, 2.45) is 5.73 Å². The first-order valence-corrected chi connectivity index (χ1v) is 4.32. The summed E-state index contributed by atoms with van der Waals surface area (Å²) in [7, 11) is -2.97. The Morgan fingerprint density at radius 2 is 2.12 bits per heavy atom. The van der Waals surface area contributed by atoms with E-state index in [0.29, 0.717) is 0 Å². The first-order valence-electron chi connectivity index (χ1n) is 1.71. The molecule has 0 aliphatic rings. The van der Waals surface area contributed by atoms with Crippen LogP contribution in [0.4, 0.5) is 0 Å². The van der Waals surface area contributed by atoms with E-state index in [2.05, 4.69) is 11.2 Å². The number of hydrogen-bond donors (Lipinski definition) is 2. The van der Waals surface area contributed by atoms with Gasteiger partial charge >= 0.3 is 0 Å². The van der Waals surface area contributed by atoms with E-state index in [4.69, 9.17) is 10.3 Å². The molecule has 1 radical (unpaired) electrons. The van der Waals surface area contributed by atoms with Gasteiger partial charge in [-0.15, -0.1) is 0 Å². The Morgan fingerprint density at radius 3 is 2.12 bits per heavy atom. The Kier molecular flexibility index (Phi) is 7.67. The molecular formula is C2H7NNaO2S2. The van der Waals surface area contributed by atoms with Crippen LogP contribution in [-0.4, -0.2) is 50.6 Å². The van der Waals surface area contributed by atoms with Crippen LogP contribution in [0.5, 0.6) is 0 Å². The summed E-state index contributed by atoms with van der Waals surface area (Å²) in [5.74, 6) is 0.0162. The predicted octanol–water partition coefficient (Wildman–Crippen LogP) is -1.22. The topological polar surface area (TPSA) is 63.3 Å². The normalized spacial score (nSPS) is 16.2. The van der Waals surface area contributed by atoms with E-state index in [1.54, 1.807) is 0 Å². The SMILES string of the molecule is NCCS(=O)(O)=S.[Na]. The second-order valence-electron chi connectivity index (χ2n) is 1.07. The van der Waals surface area contributed by atoms with E-state index in [9.17, 15) is 4.21 Å². The van der Waals surface area contributed by atoms with E-state index < -0.39 is 8.77 Å². The molecule has 0 spiro atoms. The monoisotopic (exact) mass is 164 g/mol. The minimum atomic E-state index is -2.97. The average Bonchev–Trinajstić information content (AvgIpc) is 1.30.